The van der Waals surface area contributed by atoms with E-state index in [2.05, 4.69) is 5.32 Å². The summed E-state index contributed by atoms with van der Waals surface area (Å²) < 4.78 is 40.0. The van der Waals surface area contributed by atoms with E-state index in [-0.39, 0.29) is 35.6 Å². The van der Waals surface area contributed by atoms with E-state index in [9.17, 15) is 32.8 Å². The van der Waals surface area contributed by atoms with Gasteiger partial charge in [0.05, 0.1) is 28.9 Å². The van der Waals surface area contributed by atoms with E-state index >= 15 is 0 Å². The van der Waals surface area contributed by atoms with Crippen LogP contribution in [0.3, 0.4) is 0 Å². The summed E-state index contributed by atoms with van der Waals surface area (Å²) in [6, 6.07) is 8.13. The number of benzene rings is 2. The lowest BCUT2D eigenvalue weighted by molar-refractivity contribution is -0.137. The zero-order chi connectivity index (χ0) is 24.8. The van der Waals surface area contributed by atoms with Gasteiger partial charge in [-0.05, 0) is 54.8 Å². The molecule has 0 saturated heterocycles. The molecular formula is C24H19F3N4O3. The number of nitriles is 1. The van der Waals surface area contributed by atoms with Crippen molar-refractivity contribution in [3.8, 4) is 6.07 Å². The van der Waals surface area contributed by atoms with Gasteiger partial charge in [-0.3, -0.25) is 9.69 Å². The predicted molar refractivity (Wildman–Crippen MR) is 116 cm³/mol. The lowest BCUT2D eigenvalue weighted by Crippen LogP contribution is -2.55. The van der Waals surface area contributed by atoms with Crippen molar-refractivity contribution >= 4 is 23.5 Å². The van der Waals surface area contributed by atoms with Gasteiger partial charge in [0.2, 0.25) is 0 Å². The topological polar surface area (TPSA) is 93.5 Å². The number of allylic oxidation sites excluding steroid dienone is 1. The molecule has 1 N–H and O–H groups in total. The zero-order valence-electron chi connectivity index (χ0n) is 18.2. The summed E-state index contributed by atoms with van der Waals surface area (Å²) >= 11 is 0. The highest BCUT2D eigenvalue weighted by molar-refractivity contribution is 6.12. The standard InChI is InChI=1S/C24H19F3N4O3/c1-13-10-14(12-28)6-7-17(13)21-20-18(8-9-19(20)32)30(23(34)31(21)22(33)29-2)16-5-3-4-15(11-16)24(25,26)27/h3-7,10-11,21H,8-9H2,1-2H3,(H,29,33)/t21-/m1/s1. The third-order valence-corrected chi connectivity index (χ3v) is 5.96. The largest absolute Gasteiger partial charge is 0.416 e. The Labute approximate surface area is 193 Å². The van der Waals surface area contributed by atoms with Crippen molar-refractivity contribution in [2.24, 2.45) is 0 Å². The summed E-state index contributed by atoms with van der Waals surface area (Å²) in [5.41, 5.74) is 0.822. The van der Waals surface area contributed by atoms with Crippen LogP contribution in [0.1, 0.15) is 41.1 Å². The van der Waals surface area contributed by atoms with Gasteiger partial charge < -0.3 is 5.32 Å². The lowest BCUT2D eigenvalue weighted by atomic mass is 9.89. The molecule has 0 unspecified atom stereocenters. The van der Waals surface area contributed by atoms with Crippen molar-refractivity contribution in [1.82, 2.24) is 10.2 Å². The number of ketones is 1. The number of hydrogen-bond acceptors (Lipinski definition) is 4. The van der Waals surface area contributed by atoms with Crippen LogP contribution in [0.15, 0.2) is 53.7 Å². The lowest BCUT2D eigenvalue weighted by Gasteiger charge is -2.41. The first-order valence-corrected chi connectivity index (χ1v) is 10.4. The van der Waals surface area contributed by atoms with Gasteiger partial charge in [0.25, 0.3) is 0 Å². The van der Waals surface area contributed by atoms with Gasteiger partial charge in [0.15, 0.2) is 5.78 Å². The van der Waals surface area contributed by atoms with Crippen molar-refractivity contribution in [2.45, 2.75) is 32.0 Å². The number of rotatable bonds is 2. The summed E-state index contributed by atoms with van der Waals surface area (Å²) in [5.74, 6) is -0.304. The van der Waals surface area contributed by atoms with E-state index in [1.54, 1.807) is 19.1 Å². The van der Waals surface area contributed by atoms with Crippen molar-refractivity contribution < 1.29 is 27.6 Å². The van der Waals surface area contributed by atoms with Crippen molar-refractivity contribution in [3.63, 3.8) is 0 Å². The van der Waals surface area contributed by atoms with Crippen LogP contribution in [-0.4, -0.2) is 29.8 Å². The minimum absolute atomic E-state index is 0.0564. The second-order valence-electron chi connectivity index (χ2n) is 7.96. The van der Waals surface area contributed by atoms with Crippen molar-refractivity contribution in [2.75, 3.05) is 11.9 Å². The molecule has 7 nitrogen and oxygen atoms in total. The normalized spacial score (nSPS) is 18.2. The minimum Gasteiger partial charge on any atom is -0.341 e. The SMILES string of the molecule is CNC(=O)N1C(=O)N(c2cccc(C(F)(F)F)c2)C2=C(C(=O)CC2)[C@H]1c1ccc(C#N)cc1C. The fraction of sp³-hybridized carbons (Fsp3) is 0.250. The van der Waals surface area contributed by atoms with E-state index in [4.69, 9.17) is 0 Å². The molecule has 34 heavy (non-hydrogen) atoms. The molecule has 1 aliphatic heterocycles. The first-order chi connectivity index (χ1) is 16.1. The molecule has 2 aromatic rings. The van der Waals surface area contributed by atoms with Gasteiger partial charge in [-0.15, -0.1) is 0 Å². The number of carbonyl (C=O) groups excluding carboxylic acids is 3. The van der Waals surface area contributed by atoms with Crippen LogP contribution < -0.4 is 10.2 Å². The first kappa shape index (κ1) is 23.0. The molecule has 0 saturated carbocycles. The predicted octanol–water partition coefficient (Wildman–Crippen LogP) is 4.83. The van der Waals surface area contributed by atoms with Crippen molar-refractivity contribution in [3.05, 3.63) is 76.0 Å². The Morgan fingerprint density at radius 3 is 2.50 bits per heavy atom. The molecule has 1 aliphatic carbocycles. The highest BCUT2D eigenvalue weighted by Gasteiger charge is 2.48. The Balaban J connectivity index is 1.96. The number of nitrogens with zero attached hydrogens (tertiary/aromatic N) is 3. The molecular weight excluding hydrogens is 449 g/mol. The van der Waals surface area contributed by atoms with Gasteiger partial charge in [-0.25, -0.2) is 14.5 Å². The van der Waals surface area contributed by atoms with Crippen LogP contribution in [0.2, 0.25) is 0 Å². The molecule has 1 atom stereocenters. The molecule has 0 spiro atoms. The van der Waals surface area contributed by atoms with Crippen LogP contribution in [-0.2, 0) is 11.0 Å². The number of anilines is 1. The number of hydrogen-bond donors (Lipinski definition) is 1. The minimum atomic E-state index is -4.64. The smallest absolute Gasteiger partial charge is 0.341 e. The van der Waals surface area contributed by atoms with E-state index in [0.717, 1.165) is 21.9 Å². The van der Waals surface area contributed by atoms with Crippen LogP contribution in [0.4, 0.5) is 28.4 Å². The Bertz CT molecular complexity index is 1290. The quantitative estimate of drug-likeness (QED) is 0.684. The molecule has 4 amide bonds. The summed E-state index contributed by atoms with van der Waals surface area (Å²) in [4.78, 5) is 41.4. The van der Waals surface area contributed by atoms with E-state index in [0.29, 0.717) is 16.7 Å². The zero-order valence-corrected chi connectivity index (χ0v) is 18.2. The number of imide groups is 1. The molecule has 4 rings (SSSR count). The van der Waals surface area contributed by atoms with Crippen LogP contribution in [0, 0.1) is 18.3 Å². The van der Waals surface area contributed by atoms with Gasteiger partial charge >= 0.3 is 18.2 Å². The maximum atomic E-state index is 13.7. The average Bonchev–Trinajstić information content (AvgIpc) is 3.18. The molecule has 2 aliphatic rings. The number of carbonyl (C=O) groups is 3. The molecule has 0 bridgehead atoms. The third kappa shape index (κ3) is 3.69. The van der Waals surface area contributed by atoms with E-state index < -0.39 is 29.8 Å². The van der Waals surface area contributed by atoms with Gasteiger partial charge in [0.1, 0.15) is 0 Å². The monoisotopic (exact) mass is 468 g/mol. The third-order valence-electron chi connectivity index (χ3n) is 5.96. The van der Waals surface area contributed by atoms with Crippen molar-refractivity contribution in [1.29, 1.82) is 5.26 Å². The molecule has 2 aromatic carbocycles. The molecule has 0 aromatic heterocycles. The van der Waals surface area contributed by atoms with E-state index in [1.807, 2.05) is 6.07 Å². The van der Waals surface area contributed by atoms with Crippen LogP contribution in [0.5, 0.6) is 0 Å². The number of halogens is 3. The number of amides is 4. The highest BCUT2D eigenvalue weighted by atomic mass is 19.4. The summed E-state index contributed by atoms with van der Waals surface area (Å²) in [6.45, 7) is 1.70. The fourth-order valence-corrected chi connectivity index (χ4v) is 4.43. The second-order valence-corrected chi connectivity index (χ2v) is 7.96. The van der Waals surface area contributed by atoms with Crippen LogP contribution >= 0.6 is 0 Å². The summed E-state index contributed by atoms with van der Waals surface area (Å²) in [7, 11) is 1.31. The molecule has 10 heteroatoms. The number of urea groups is 2. The Morgan fingerprint density at radius 1 is 1.15 bits per heavy atom. The summed E-state index contributed by atoms with van der Waals surface area (Å²) in [5, 5.41) is 11.6. The number of Topliss-reactive ketones (excluding diaryl/α,β-unsaturated/α-hetero) is 1. The second kappa shape index (κ2) is 8.33. The van der Waals surface area contributed by atoms with Gasteiger partial charge in [-0.1, -0.05) is 12.1 Å². The number of alkyl halides is 3. The molecule has 1 heterocycles. The Kier molecular flexibility index (Phi) is 5.65. The van der Waals surface area contributed by atoms with Crippen LogP contribution in [0.25, 0.3) is 0 Å². The fourth-order valence-electron chi connectivity index (χ4n) is 4.43. The number of aryl methyl sites for hydroxylation is 1. The molecule has 0 fully saturated rings. The average molecular weight is 468 g/mol. The highest BCUT2D eigenvalue weighted by Crippen LogP contribution is 2.46. The molecule has 174 valence electrons. The van der Waals surface area contributed by atoms with E-state index in [1.165, 1.54) is 25.2 Å². The Morgan fingerprint density at radius 2 is 1.88 bits per heavy atom. The first-order valence-electron chi connectivity index (χ1n) is 10.4. The summed E-state index contributed by atoms with van der Waals surface area (Å²) in [6.07, 6.45) is -4.44. The maximum Gasteiger partial charge on any atom is 0.416 e. The van der Waals surface area contributed by atoms with Gasteiger partial charge in [-0.2, -0.15) is 18.4 Å². The maximum absolute atomic E-state index is 13.7. The number of nitrogens with one attached hydrogen (secondary N) is 1. The Hall–Kier alpha value is -4.13. The molecule has 0 radical (unpaired) electrons. The van der Waals surface area contributed by atoms with Gasteiger partial charge in [0, 0.05) is 24.7 Å².